The number of rotatable bonds is 2. The topological polar surface area (TPSA) is 23.5 Å². The van der Waals surface area contributed by atoms with E-state index in [-0.39, 0.29) is 12.6 Å². The highest BCUT2D eigenvalue weighted by Crippen LogP contribution is 2.37. The van der Waals surface area contributed by atoms with E-state index in [0.29, 0.717) is 0 Å². The van der Waals surface area contributed by atoms with E-state index in [1.165, 1.54) is 11.3 Å². The number of anilines is 2. The molecule has 0 bridgehead atoms. The largest absolute Gasteiger partial charge is 0.394 e. The Labute approximate surface area is 101 Å². The van der Waals surface area contributed by atoms with Crippen LogP contribution in [0.2, 0.25) is 0 Å². The Balaban J connectivity index is 2.08. The van der Waals surface area contributed by atoms with Crippen LogP contribution in [0.4, 0.5) is 11.4 Å². The molecule has 2 aromatic carbocycles. The van der Waals surface area contributed by atoms with Gasteiger partial charge in [0.1, 0.15) is 0 Å². The third-order valence-corrected chi connectivity index (χ3v) is 3.32. The van der Waals surface area contributed by atoms with Gasteiger partial charge in [-0.05, 0) is 30.2 Å². The summed E-state index contributed by atoms with van der Waals surface area (Å²) in [4.78, 5) is 2.23. The first-order valence-electron chi connectivity index (χ1n) is 5.93. The average Bonchev–Trinajstić information content (AvgIpc) is 2.78. The minimum Gasteiger partial charge on any atom is -0.394 e. The summed E-state index contributed by atoms with van der Waals surface area (Å²) >= 11 is 0. The van der Waals surface area contributed by atoms with Crippen LogP contribution in [0.3, 0.4) is 0 Å². The van der Waals surface area contributed by atoms with Crippen LogP contribution in [-0.4, -0.2) is 17.8 Å². The summed E-state index contributed by atoms with van der Waals surface area (Å²) in [5.74, 6) is 0. The lowest BCUT2D eigenvalue weighted by Gasteiger charge is -2.26. The number of para-hydroxylation sites is 2. The van der Waals surface area contributed by atoms with Crippen LogP contribution in [-0.2, 0) is 6.42 Å². The van der Waals surface area contributed by atoms with E-state index in [1.807, 2.05) is 18.2 Å². The van der Waals surface area contributed by atoms with E-state index in [4.69, 9.17) is 0 Å². The second-order valence-electron chi connectivity index (χ2n) is 4.37. The molecule has 1 aliphatic heterocycles. The normalized spacial score (nSPS) is 18.2. The summed E-state index contributed by atoms with van der Waals surface area (Å²) in [5.41, 5.74) is 3.68. The fraction of sp³-hybridized carbons (Fsp3) is 0.200. The van der Waals surface area contributed by atoms with Gasteiger partial charge in [0, 0.05) is 11.4 Å². The molecule has 0 radical (unpaired) electrons. The van der Waals surface area contributed by atoms with E-state index in [9.17, 15) is 5.11 Å². The van der Waals surface area contributed by atoms with E-state index in [1.54, 1.807) is 0 Å². The summed E-state index contributed by atoms with van der Waals surface area (Å²) in [6.07, 6.45) is 0.918. The molecular weight excluding hydrogens is 210 g/mol. The van der Waals surface area contributed by atoms with Gasteiger partial charge in [-0.3, -0.25) is 0 Å². The van der Waals surface area contributed by atoms with Crippen molar-refractivity contribution in [2.24, 2.45) is 0 Å². The average molecular weight is 225 g/mol. The number of hydrogen-bond donors (Lipinski definition) is 1. The van der Waals surface area contributed by atoms with Crippen molar-refractivity contribution in [2.45, 2.75) is 12.5 Å². The van der Waals surface area contributed by atoms with Crippen molar-refractivity contribution in [1.82, 2.24) is 0 Å². The fourth-order valence-electron chi connectivity index (χ4n) is 2.54. The molecule has 1 heterocycles. The Bertz CT molecular complexity index is 509. The van der Waals surface area contributed by atoms with Gasteiger partial charge in [-0.15, -0.1) is 0 Å². The Hall–Kier alpha value is -1.80. The van der Waals surface area contributed by atoms with Crippen LogP contribution >= 0.6 is 0 Å². The predicted molar refractivity (Wildman–Crippen MR) is 69.6 cm³/mol. The number of hydrogen-bond acceptors (Lipinski definition) is 2. The summed E-state index contributed by atoms with van der Waals surface area (Å²) in [7, 11) is 0. The second kappa shape index (κ2) is 4.22. The zero-order valence-electron chi connectivity index (χ0n) is 9.58. The van der Waals surface area contributed by atoms with Crippen LogP contribution < -0.4 is 4.90 Å². The van der Waals surface area contributed by atoms with Crippen LogP contribution in [0.15, 0.2) is 54.6 Å². The number of aliphatic hydroxyl groups is 1. The Morgan fingerprint density at radius 1 is 1.00 bits per heavy atom. The molecule has 0 amide bonds. The number of fused-ring (bicyclic) bond motifs is 1. The third kappa shape index (κ3) is 1.71. The number of nitrogens with zero attached hydrogens (tertiary/aromatic N) is 1. The molecule has 0 aliphatic carbocycles. The van der Waals surface area contributed by atoms with Gasteiger partial charge < -0.3 is 10.0 Å². The predicted octanol–water partition coefficient (Wildman–Crippen LogP) is 2.74. The maximum atomic E-state index is 9.53. The van der Waals surface area contributed by atoms with E-state index >= 15 is 0 Å². The van der Waals surface area contributed by atoms with Gasteiger partial charge in [0.2, 0.25) is 0 Å². The molecule has 2 aromatic rings. The number of benzene rings is 2. The quantitative estimate of drug-likeness (QED) is 0.849. The zero-order chi connectivity index (χ0) is 11.7. The summed E-state index contributed by atoms with van der Waals surface area (Å²) in [5, 5.41) is 9.53. The smallest absolute Gasteiger partial charge is 0.0642 e. The van der Waals surface area contributed by atoms with Crippen LogP contribution in [0, 0.1) is 0 Å². The van der Waals surface area contributed by atoms with E-state index in [0.717, 1.165) is 12.1 Å². The highest BCUT2D eigenvalue weighted by molar-refractivity contribution is 5.71. The van der Waals surface area contributed by atoms with Gasteiger partial charge in [-0.1, -0.05) is 36.4 Å². The highest BCUT2D eigenvalue weighted by atomic mass is 16.3. The minimum atomic E-state index is 0.162. The van der Waals surface area contributed by atoms with Crippen LogP contribution in [0.1, 0.15) is 5.56 Å². The van der Waals surface area contributed by atoms with Crippen LogP contribution in [0.25, 0.3) is 0 Å². The first kappa shape index (κ1) is 10.4. The Morgan fingerprint density at radius 3 is 2.47 bits per heavy atom. The zero-order valence-corrected chi connectivity index (χ0v) is 9.58. The fourth-order valence-corrected chi connectivity index (χ4v) is 2.54. The molecule has 17 heavy (non-hydrogen) atoms. The lowest BCUT2D eigenvalue weighted by Crippen LogP contribution is -2.30. The van der Waals surface area contributed by atoms with Crippen molar-refractivity contribution in [3.63, 3.8) is 0 Å². The lowest BCUT2D eigenvalue weighted by molar-refractivity contribution is 0.268. The number of aliphatic hydroxyl groups excluding tert-OH is 1. The van der Waals surface area contributed by atoms with Crippen molar-refractivity contribution >= 4 is 11.4 Å². The van der Waals surface area contributed by atoms with Gasteiger partial charge >= 0.3 is 0 Å². The first-order valence-corrected chi connectivity index (χ1v) is 5.93. The van der Waals surface area contributed by atoms with Gasteiger partial charge in [-0.2, -0.15) is 0 Å². The minimum absolute atomic E-state index is 0.162. The summed E-state index contributed by atoms with van der Waals surface area (Å²) in [6.45, 7) is 0.184. The Morgan fingerprint density at radius 2 is 1.71 bits per heavy atom. The van der Waals surface area contributed by atoms with Gasteiger partial charge in [-0.25, -0.2) is 0 Å². The van der Waals surface area contributed by atoms with E-state index in [2.05, 4.69) is 41.3 Å². The van der Waals surface area contributed by atoms with Gasteiger partial charge in [0.25, 0.3) is 0 Å². The molecule has 1 aliphatic rings. The van der Waals surface area contributed by atoms with Gasteiger partial charge in [0.15, 0.2) is 0 Å². The molecule has 0 aromatic heterocycles. The molecule has 1 atom stereocenters. The van der Waals surface area contributed by atoms with Crippen molar-refractivity contribution in [2.75, 3.05) is 11.5 Å². The lowest BCUT2D eigenvalue weighted by atomic mass is 10.1. The second-order valence-corrected chi connectivity index (χ2v) is 4.37. The molecule has 3 rings (SSSR count). The molecule has 0 saturated heterocycles. The van der Waals surface area contributed by atoms with Crippen molar-refractivity contribution < 1.29 is 5.11 Å². The molecule has 2 nitrogen and oxygen atoms in total. The highest BCUT2D eigenvalue weighted by Gasteiger charge is 2.29. The summed E-state index contributed by atoms with van der Waals surface area (Å²) in [6, 6.07) is 18.8. The molecule has 2 heteroatoms. The SMILES string of the molecule is OCC1Cc2ccccc2N1c1ccccc1. The Kier molecular flexibility index (Phi) is 2.57. The molecular formula is C15H15NO. The van der Waals surface area contributed by atoms with E-state index < -0.39 is 0 Å². The third-order valence-electron chi connectivity index (χ3n) is 3.32. The molecule has 0 fully saturated rings. The molecule has 0 spiro atoms. The summed E-state index contributed by atoms with van der Waals surface area (Å²) < 4.78 is 0. The standard InChI is InChI=1S/C15H15NO/c17-11-14-10-12-6-4-5-9-15(12)16(14)13-7-2-1-3-8-13/h1-9,14,17H,10-11H2. The van der Waals surface area contributed by atoms with Gasteiger partial charge in [0.05, 0.1) is 12.6 Å². The van der Waals surface area contributed by atoms with Crippen LogP contribution in [0.5, 0.6) is 0 Å². The maximum absolute atomic E-state index is 9.53. The van der Waals surface area contributed by atoms with Crippen molar-refractivity contribution in [3.05, 3.63) is 60.2 Å². The molecule has 0 saturated carbocycles. The molecule has 1 unspecified atom stereocenters. The maximum Gasteiger partial charge on any atom is 0.0642 e. The molecule has 1 N–H and O–H groups in total. The monoisotopic (exact) mass is 225 g/mol. The van der Waals surface area contributed by atoms with Crippen molar-refractivity contribution in [3.8, 4) is 0 Å². The molecule has 86 valence electrons. The van der Waals surface area contributed by atoms with Crippen molar-refractivity contribution in [1.29, 1.82) is 0 Å². The first-order chi connectivity index (χ1) is 8.40.